The van der Waals surface area contributed by atoms with Gasteiger partial charge in [0.2, 0.25) is 5.91 Å². The Morgan fingerprint density at radius 1 is 1.00 bits per heavy atom. The summed E-state index contributed by atoms with van der Waals surface area (Å²) in [6.45, 7) is 0.514. The normalized spacial score (nSPS) is 14.5. The largest absolute Gasteiger partial charge is 0.312 e. The molecular formula is C29H28ClFN2O. The Hall–Kier alpha value is -3.16. The number of hydrogen-bond acceptors (Lipinski definition) is 2. The van der Waals surface area contributed by atoms with Gasteiger partial charge < -0.3 is 4.90 Å². The van der Waals surface area contributed by atoms with E-state index in [0.717, 1.165) is 48.9 Å². The molecule has 0 bridgehead atoms. The van der Waals surface area contributed by atoms with Crippen LogP contribution in [0.15, 0.2) is 72.8 Å². The van der Waals surface area contributed by atoms with Crippen LogP contribution in [-0.4, -0.2) is 12.5 Å². The van der Waals surface area contributed by atoms with E-state index in [0.29, 0.717) is 23.6 Å². The highest BCUT2D eigenvalue weighted by Gasteiger charge is 2.30. The molecule has 1 aliphatic carbocycles. The van der Waals surface area contributed by atoms with Gasteiger partial charge in [0.25, 0.3) is 0 Å². The van der Waals surface area contributed by atoms with E-state index in [1.165, 1.54) is 12.1 Å². The first-order chi connectivity index (χ1) is 16.5. The van der Waals surface area contributed by atoms with Crippen molar-refractivity contribution in [3.63, 3.8) is 0 Å². The second-order valence-electron chi connectivity index (χ2n) is 9.12. The smallest absolute Gasteiger partial charge is 0.230 e. The molecule has 174 valence electrons. The van der Waals surface area contributed by atoms with E-state index < -0.39 is 0 Å². The minimum atomic E-state index is -0.317. The summed E-state index contributed by atoms with van der Waals surface area (Å²) in [4.78, 5) is 15.4. The van der Waals surface area contributed by atoms with Crippen molar-refractivity contribution in [1.82, 2.24) is 0 Å². The molecule has 3 aromatic rings. The molecule has 1 atom stereocenters. The predicted octanol–water partition coefficient (Wildman–Crippen LogP) is 6.98. The highest BCUT2D eigenvalue weighted by molar-refractivity contribution is 6.30. The molecule has 0 spiro atoms. The first-order valence-electron chi connectivity index (χ1n) is 11.8. The van der Waals surface area contributed by atoms with Crippen LogP contribution in [0.1, 0.15) is 42.4 Å². The van der Waals surface area contributed by atoms with Crippen LogP contribution < -0.4 is 4.90 Å². The van der Waals surface area contributed by atoms with Gasteiger partial charge in [-0.1, -0.05) is 48.7 Å². The van der Waals surface area contributed by atoms with Gasteiger partial charge in [-0.3, -0.25) is 4.79 Å². The summed E-state index contributed by atoms with van der Waals surface area (Å²) in [6.07, 6.45) is 5.42. The van der Waals surface area contributed by atoms with E-state index >= 15 is 0 Å². The second-order valence-corrected chi connectivity index (χ2v) is 9.56. The van der Waals surface area contributed by atoms with Crippen LogP contribution in [0.25, 0.3) is 0 Å². The van der Waals surface area contributed by atoms with E-state index in [-0.39, 0.29) is 23.6 Å². The molecule has 1 saturated carbocycles. The van der Waals surface area contributed by atoms with E-state index in [2.05, 4.69) is 6.07 Å². The van der Waals surface area contributed by atoms with Gasteiger partial charge in [-0.15, -0.1) is 0 Å². The summed E-state index contributed by atoms with van der Waals surface area (Å²) in [6, 6.07) is 23.8. The molecule has 5 heteroatoms. The maximum atomic E-state index is 13.7. The number of nitriles is 1. The summed E-state index contributed by atoms with van der Waals surface area (Å²) in [5.74, 6) is -0.0762. The Labute approximate surface area is 205 Å². The average molecular weight is 475 g/mol. The van der Waals surface area contributed by atoms with Crippen LogP contribution in [-0.2, 0) is 17.6 Å². The Morgan fingerprint density at radius 3 is 2.35 bits per heavy atom. The minimum absolute atomic E-state index is 0.0168. The zero-order valence-corrected chi connectivity index (χ0v) is 19.8. The third kappa shape index (κ3) is 6.24. The molecule has 34 heavy (non-hydrogen) atoms. The Morgan fingerprint density at radius 2 is 1.68 bits per heavy atom. The number of anilines is 1. The monoisotopic (exact) mass is 474 g/mol. The molecule has 1 aliphatic rings. The summed E-state index contributed by atoms with van der Waals surface area (Å²) in [5.41, 5.74) is 3.55. The maximum absolute atomic E-state index is 13.7. The number of halogens is 2. The highest BCUT2D eigenvalue weighted by Crippen LogP contribution is 2.30. The Balaban J connectivity index is 1.64. The summed E-state index contributed by atoms with van der Waals surface area (Å²) in [5, 5.41) is 10.0. The number of amides is 1. The van der Waals surface area contributed by atoms with Crippen LogP contribution in [0.5, 0.6) is 0 Å². The number of nitrogens with zero attached hydrogens (tertiary/aromatic N) is 2. The van der Waals surface area contributed by atoms with Gasteiger partial charge in [0.15, 0.2) is 0 Å². The van der Waals surface area contributed by atoms with Crippen LogP contribution in [0.4, 0.5) is 10.1 Å². The van der Waals surface area contributed by atoms with Crippen LogP contribution in [0.3, 0.4) is 0 Å². The van der Waals surface area contributed by atoms with Gasteiger partial charge in [-0.2, -0.15) is 5.26 Å². The molecule has 1 unspecified atom stereocenters. The number of carbonyl (C=O) groups excluding carboxylic acids is 1. The van der Waals surface area contributed by atoms with Gasteiger partial charge in [0, 0.05) is 23.2 Å². The van der Waals surface area contributed by atoms with Crippen molar-refractivity contribution < 1.29 is 9.18 Å². The van der Waals surface area contributed by atoms with Crippen LogP contribution in [0.2, 0.25) is 5.02 Å². The highest BCUT2D eigenvalue weighted by atomic mass is 35.5. The SMILES string of the molecule is N#Cc1cccc(CC(Cc2ccc(Cl)cc2)CN(C(=O)C2CCCC2)c2ccc(F)cc2)c1. The van der Waals surface area contributed by atoms with Gasteiger partial charge in [0.1, 0.15) is 5.82 Å². The number of rotatable bonds is 8. The quantitative estimate of drug-likeness (QED) is 0.353. The van der Waals surface area contributed by atoms with Gasteiger partial charge in [-0.05, 0) is 91.3 Å². The Bertz CT molecular complexity index is 1150. The lowest BCUT2D eigenvalue weighted by Crippen LogP contribution is -2.40. The summed E-state index contributed by atoms with van der Waals surface area (Å²) >= 11 is 6.09. The zero-order valence-electron chi connectivity index (χ0n) is 19.1. The van der Waals surface area contributed by atoms with E-state index in [1.54, 1.807) is 18.2 Å². The fourth-order valence-electron chi connectivity index (χ4n) is 4.85. The first-order valence-corrected chi connectivity index (χ1v) is 12.2. The maximum Gasteiger partial charge on any atom is 0.230 e. The van der Waals surface area contributed by atoms with Gasteiger partial charge in [0.05, 0.1) is 11.6 Å². The van der Waals surface area contributed by atoms with Crippen molar-refractivity contribution in [3.05, 3.63) is 100 Å². The molecular weight excluding hydrogens is 447 g/mol. The standard InChI is InChI=1S/C29H28ClFN2O/c30-26-10-8-21(9-11-26)16-24(18-22-4-3-5-23(17-22)19-32)20-33(28-14-12-27(31)13-15-28)29(34)25-6-1-2-7-25/h3-5,8-15,17,24-25H,1-2,6-7,16,18,20H2. The van der Waals surface area contributed by atoms with Crippen LogP contribution in [0, 0.1) is 29.0 Å². The van der Waals surface area contributed by atoms with Crippen molar-refractivity contribution in [2.75, 3.05) is 11.4 Å². The average Bonchev–Trinajstić information content (AvgIpc) is 3.39. The molecule has 0 heterocycles. The van der Waals surface area contributed by atoms with Crippen LogP contribution >= 0.6 is 11.6 Å². The lowest BCUT2D eigenvalue weighted by molar-refractivity contribution is -0.122. The van der Waals surface area contributed by atoms with E-state index in [4.69, 9.17) is 11.6 Å². The van der Waals surface area contributed by atoms with Crippen molar-refractivity contribution in [3.8, 4) is 6.07 Å². The van der Waals surface area contributed by atoms with Crippen molar-refractivity contribution in [1.29, 1.82) is 5.26 Å². The van der Waals surface area contributed by atoms with Crippen molar-refractivity contribution in [2.45, 2.75) is 38.5 Å². The van der Waals surface area contributed by atoms with Crippen molar-refractivity contribution >= 4 is 23.2 Å². The zero-order chi connectivity index (χ0) is 23.9. The fraction of sp³-hybridized carbons (Fsp3) is 0.310. The van der Waals surface area contributed by atoms with E-state index in [9.17, 15) is 14.4 Å². The third-order valence-corrected chi connectivity index (χ3v) is 6.82. The molecule has 1 fully saturated rings. The first kappa shape index (κ1) is 24.0. The molecule has 4 rings (SSSR count). The molecule has 3 aromatic carbocycles. The fourth-order valence-corrected chi connectivity index (χ4v) is 4.98. The van der Waals surface area contributed by atoms with Crippen molar-refractivity contribution in [2.24, 2.45) is 11.8 Å². The molecule has 0 radical (unpaired) electrons. The summed E-state index contributed by atoms with van der Waals surface area (Å²) in [7, 11) is 0. The molecule has 0 N–H and O–H groups in total. The third-order valence-electron chi connectivity index (χ3n) is 6.57. The number of benzene rings is 3. The number of carbonyl (C=O) groups is 1. The topological polar surface area (TPSA) is 44.1 Å². The van der Waals surface area contributed by atoms with E-state index in [1.807, 2.05) is 47.4 Å². The second kappa shape index (κ2) is 11.3. The lowest BCUT2D eigenvalue weighted by atomic mass is 9.90. The Kier molecular flexibility index (Phi) is 7.98. The minimum Gasteiger partial charge on any atom is -0.312 e. The molecule has 0 aromatic heterocycles. The molecule has 3 nitrogen and oxygen atoms in total. The lowest BCUT2D eigenvalue weighted by Gasteiger charge is -2.30. The molecule has 0 saturated heterocycles. The number of hydrogen-bond donors (Lipinski definition) is 0. The molecule has 0 aliphatic heterocycles. The predicted molar refractivity (Wildman–Crippen MR) is 134 cm³/mol. The summed E-state index contributed by atoms with van der Waals surface area (Å²) < 4.78 is 13.7. The molecule has 1 amide bonds. The van der Waals surface area contributed by atoms with Gasteiger partial charge in [-0.25, -0.2) is 4.39 Å². The van der Waals surface area contributed by atoms with Gasteiger partial charge >= 0.3 is 0 Å².